The predicted octanol–water partition coefficient (Wildman–Crippen LogP) is 2.83. The highest BCUT2D eigenvalue weighted by Crippen LogP contribution is 2.24. The minimum atomic E-state index is -0.0484. The van der Waals surface area contributed by atoms with Gasteiger partial charge in [0.25, 0.3) is 0 Å². The summed E-state index contributed by atoms with van der Waals surface area (Å²) < 4.78 is 1.70. The molecule has 0 aliphatic heterocycles. The van der Waals surface area contributed by atoms with E-state index in [2.05, 4.69) is 23.8 Å². The second-order valence-electron chi connectivity index (χ2n) is 4.78. The first-order valence-corrected chi connectivity index (χ1v) is 6.16. The third-order valence-electron chi connectivity index (χ3n) is 3.03. The quantitative estimate of drug-likeness (QED) is 0.780. The van der Waals surface area contributed by atoms with Gasteiger partial charge in [-0.1, -0.05) is 11.6 Å². The van der Waals surface area contributed by atoms with E-state index in [-0.39, 0.29) is 5.54 Å². The van der Waals surface area contributed by atoms with Crippen LogP contribution in [0.25, 0.3) is 0 Å². The van der Waals surface area contributed by atoms with Crippen LogP contribution in [-0.4, -0.2) is 33.1 Å². The van der Waals surface area contributed by atoms with Gasteiger partial charge in [-0.2, -0.15) is 5.10 Å². The molecule has 0 aliphatic carbocycles. The average Bonchev–Trinajstić information content (AvgIpc) is 2.45. The molecule has 1 rings (SSSR count). The molecular formula is C11H19Cl2N3. The Morgan fingerprint density at radius 3 is 2.38 bits per heavy atom. The Bertz CT molecular complexity index is 372. The van der Waals surface area contributed by atoms with Gasteiger partial charge < -0.3 is 0 Å². The number of rotatable bonds is 4. The van der Waals surface area contributed by atoms with Gasteiger partial charge in [0, 0.05) is 30.6 Å². The summed E-state index contributed by atoms with van der Waals surface area (Å²) in [5.74, 6) is 0.584. The van der Waals surface area contributed by atoms with Crippen molar-refractivity contribution in [2.75, 3.05) is 12.9 Å². The summed E-state index contributed by atoms with van der Waals surface area (Å²) >= 11 is 12.1. The summed E-state index contributed by atoms with van der Waals surface area (Å²) in [5.41, 5.74) is 2.00. The highest BCUT2D eigenvalue weighted by molar-refractivity contribution is 6.30. The predicted molar refractivity (Wildman–Crippen MR) is 69.2 cm³/mol. The lowest BCUT2D eigenvalue weighted by atomic mass is 10.1. The van der Waals surface area contributed by atoms with Crippen LogP contribution in [0.2, 0.25) is 5.15 Å². The van der Waals surface area contributed by atoms with Gasteiger partial charge >= 0.3 is 0 Å². The lowest BCUT2D eigenvalue weighted by Gasteiger charge is -2.33. The van der Waals surface area contributed by atoms with Crippen molar-refractivity contribution in [3.8, 4) is 0 Å². The zero-order chi connectivity index (χ0) is 12.5. The van der Waals surface area contributed by atoms with E-state index in [0.717, 1.165) is 17.8 Å². The molecule has 5 heteroatoms. The first-order chi connectivity index (χ1) is 7.29. The molecule has 0 atom stereocenters. The van der Waals surface area contributed by atoms with Crippen molar-refractivity contribution in [1.82, 2.24) is 14.7 Å². The van der Waals surface area contributed by atoms with Gasteiger partial charge in [0.2, 0.25) is 0 Å². The summed E-state index contributed by atoms with van der Waals surface area (Å²) in [6, 6.07) is 0. The Morgan fingerprint density at radius 1 is 1.44 bits per heavy atom. The zero-order valence-corrected chi connectivity index (χ0v) is 12.0. The van der Waals surface area contributed by atoms with Gasteiger partial charge in [-0.25, -0.2) is 0 Å². The molecule has 0 saturated heterocycles. The highest BCUT2D eigenvalue weighted by Gasteiger charge is 2.24. The van der Waals surface area contributed by atoms with Gasteiger partial charge in [0.05, 0.1) is 5.69 Å². The summed E-state index contributed by atoms with van der Waals surface area (Å²) in [4.78, 5) is 2.19. The largest absolute Gasteiger partial charge is 0.296 e. The molecule has 0 unspecified atom stereocenters. The Balaban J connectivity index is 2.89. The van der Waals surface area contributed by atoms with E-state index in [1.54, 1.807) is 4.68 Å². The molecule has 1 aromatic heterocycles. The molecule has 0 aliphatic rings. The number of nitrogens with zero attached hydrogens (tertiary/aromatic N) is 3. The second-order valence-corrected chi connectivity index (χ2v) is 5.41. The number of halogens is 2. The third-order valence-corrected chi connectivity index (χ3v) is 4.15. The summed E-state index contributed by atoms with van der Waals surface area (Å²) in [7, 11) is 3.90. The van der Waals surface area contributed by atoms with Crippen LogP contribution in [0.1, 0.15) is 25.1 Å². The van der Waals surface area contributed by atoms with Crippen molar-refractivity contribution >= 4 is 23.2 Å². The van der Waals surface area contributed by atoms with E-state index in [0.29, 0.717) is 11.0 Å². The molecule has 1 aromatic rings. The van der Waals surface area contributed by atoms with Crippen LogP contribution >= 0.6 is 23.2 Å². The maximum atomic E-state index is 6.19. The van der Waals surface area contributed by atoms with Crippen molar-refractivity contribution < 1.29 is 0 Å². The standard InChI is InChI=1S/C11H19Cl2N3/c1-8-9(10(13)16(5)14-8)6-15(4)11(2,3)7-12/h6-7H2,1-5H3. The smallest absolute Gasteiger partial charge is 0.131 e. The molecule has 0 spiro atoms. The summed E-state index contributed by atoms with van der Waals surface area (Å²) in [6.07, 6.45) is 0. The zero-order valence-electron chi connectivity index (χ0n) is 10.5. The Labute approximate surface area is 107 Å². The van der Waals surface area contributed by atoms with E-state index in [9.17, 15) is 0 Å². The van der Waals surface area contributed by atoms with Crippen molar-refractivity contribution in [3.63, 3.8) is 0 Å². The number of hydrogen-bond acceptors (Lipinski definition) is 2. The molecule has 0 N–H and O–H groups in total. The van der Waals surface area contributed by atoms with Crippen LogP contribution in [0.5, 0.6) is 0 Å². The van der Waals surface area contributed by atoms with Gasteiger partial charge in [0.15, 0.2) is 0 Å². The van der Waals surface area contributed by atoms with Crippen LogP contribution in [0.15, 0.2) is 0 Å². The van der Waals surface area contributed by atoms with Gasteiger partial charge in [-0.05, 0) is 27.8 Å². The fourth-order valence-corrected chi connectivity index (χ4v) is 1.85. The maximum absolute atomic E-state index is 6.19. The fourth-order valence-electron chi connectivity index (χ4n) is 1.41. The van der Waals surface area contributed by atoms with Crippen molar-refractivity contribution in [2.45, 2.75) is 32.9 Å². The number of hydrogen-bond donors (Lipinski definition) is 0. The van der Waals surface area contributed by atoms with Crippen molar-refractivity contribution in [2.24, 2.45) is 7.05 Å². The van der Waals surface area contributed by atoms with E-state index >= 15 is 0 Å². The first-order valence-electron chi connectivity index (χ1n) is 5.24. The molecule has 0 aromatic carbocycles. The van der Waals surface area contributed by atoms with Crippen molar-refractivity contribution in [1.29, 1.82) is 0 Å². The average molecular weight is 264 g/mol. The van der Waals surface area contributed by atoms with Crippen LogP contribution in [0.3, 0.4) is 0 Å². The fraction of sp³-hybridized carbons (Fsp3) is 0.727. The molecule has 92 valence electrons. The van der Waals surface area contributed by atoms with E-state index in [4.69, 9.17) is 23.2 Å². The van der Waals surface area contributed by atoms with Gasteiger partial charge in [0.1, 0.15) is 5.15 Å². The first kappa shape index (κ1) is 13.8. The molecule has 0 saturated carbocycles. The molecule has 0 amide bonds. The highest BCUT2D eigenvalue weighted by atomic mass is 35.5. The molecule has 0 fully saturated rings. The van der Waals surface area contributed by atoms with Crippen LogP contribution in [0, 0.1) is 6.92 Å². The minimum Gasteiger partial charge on any atom is -0.296 e. The van der Waals surface area contributed by atoms with E-state index in [1.807, 2.05) is 21.0 Å². The number of alkyl halides is 1. The molecular weight excluding hydrogens is 245 g/mol. The monoisotopic (exact) mass is 263 g/mol. The van der Waals surface area contributed by atoms with Crippen LogP contribution in [0.4, 0.5) is 0 Å². The molecule has 1 heterocycles. The van der Waals surface area contributed by atoms with Crippen molar-refractivity contribution in [3.05, 3.63) is 16.4 Å². The minimum absolute atomic E-state index is 0.0484. The Hall–Kier alpha value is -0.250. The summed E-state index contributed by atoms with van der Waals surface area (Å²) in [5, 5.41) is 5.00. The van der Waals surface area contributed by atoms with Gasteiger partial charge in [-0.3, -0.25) is 9.58 Å². The topological polar surface area (TPSA) is 21.1 Å². The summed E-state index contributed by atoms with van der Waals surface area (Å²) in [6.45, 7) is 6.96. The molecule has 16 heavy (non-hydrogen) atoms. The lowest BCUT2D eigenvalue weighted by Crippen LogP contribution is -2.42. The van der Waals surface area contributed by atoms with Crippen LogP contribution in [-0.2, 0) is 13.6 Å². The Morgan fingerprint density at radius 2 is 2.00 bits per heavy atom. The van der Waals surface area contributed by atoms with E-state index < -0.39 is 0 Å². The Kier molecular flexibility index (Phi) is 4.27. The molecule has 0 radical (unpaired) electrons. The normalized spacial score (nSPS) is 12.5. The third kappa shape index (κ3) is 2.70. The lowest BCUT2D eigenvalue weighted by molar-refractivity contribution is 0.170. The SMILES string of the molecule is Cc1nn(C)c(Cl)c1CN(C)C(C)(C)CCl. The van der Waals surface area contributed by atoms with E-state index in [1.165, 1.54) is 0 Å². The number of aryl methyl sites for hydroxylation is 2. The van der Waals surface area contributed by atoms with Gasteiger partial charge in [-0.15, -0.1) is 11.6 Å². The van der Waals surface area contributed by atoms with Crippen LogP contribution < -0.4 is 0 Å². The number of aromatic nitrogens is 2. The molecule has 0 bridgehead atoms. The second kappa shape index (κ2) is 4.94. The molecule has 3 nitrogen and oxygen atoms in total. The maximum Gasteiger partial charge on any atom is 0.131 e.